The summed E-state index contributed by atoms with van der Waals surface area (Å²) in [4.78, 5) is 40.3. The third-order valence-electron chi connectivity index (χ3n) is 5.51. The molecular weight excluding hydrogens is 358 g/mol. The number of piperidine rings is 1. The highest BCUT2D eigenvalue weighted by atomic mass is 16.6. The summed E-state index contributed by atoms with van der Waals surface area (Å²) in [7, 11) is 0. The predicted octanol–water partition coefficient (Wildman–Crippen LogP) is 2.08. The van der Waals surface area contributed by atoms with Crippen molar-refractivity contribution in [1.29, 1.82) is 0 Å². The van der Waals surface area contributed by atoms with Crippen molar-refractivity contribution in [2.24, 2.45) is 5.92 Å². The van der Waals surface area contributed by atoms with Gasteiger partial charge in [0.2, 0.25) is 11.8 Å². The van der Waals surface area contributed by atoms with E-state index in [1.807, 2.05) is 36.1 Å². The summed E-state index contributed by atoms with van der Waals surface area (Å²) in [5.41, 5.74) is 2.21. The van der Waals surface area contributed by atoms with E-state index in [-0.39, 0.29) is 36.3 Å². The van der Waals surface area contributed by atoms with Crippen molar-refractivity contribution < 1.29 is 19.1 Å². The summed E-state index contributed by atoms with van der Waals surface area (Å²) in [6, 6.07) is 8.11. The zero-order chi connectivity index (χ0) is 20.1. The van der Waals surface area contributed by atoms with Gasteiger partial charge in [0, 0.05) is 38.6 Å². The fourth-order valence-corrected chi connectivity index (χ4v) is 3.99. The van der Waals surface area contributed by atoms with Crippen molar-refractivity contribution in [3.63, 3.8) is 0 Å². The first-order valence-electron chi connectivity index (χ1n) is 10.0. The Kier molecular flexibility index (Phi) is 6.54. The fourth-order valence-electron chi connectivity index (χ4n) is 3.99. The van der Waals surface area contributed by atoms with Crippen molar-refractivity contribution >= 4 is 17.9 Å². The largest absolute Gasteiger partial charge is 0.450 e. The number of rotatable bonds is 5. The molecule has 2 aliphatic heterocycles. The van der Waals surface area contributed by atoms with Gasteiger partial charge < -0.3 is 19.9 Å². The molecule has 2 saturated heterocycles. The highest BCUT2D eigenvalue weighted by Gasteiger charge is 2.39. The smallest absolute Gasteiger partial charge is 0.409 e. The Hall–Kier alpha value is -2.57. The quantitative estimate of drug-likeness (QED) is 0.839. The summed E-state index contributed by atoms with van der Waals surface area (Å²) in [6.45, 7) is 6.27. The standard InChI is InChI=1S/C21H29N3O4/c1-3-28-21(27)23-9-7-18(8-10-23)24-14-17(12-19(24)25)20(26)22-13-16-6-4-5-15(2)11-16/h4-6,11,17-18H,3,7-10,12-14H2,1-2H3,(H,22,26). The molecule has 0 saturated carbocycles. The van der Waals surface area contributed by atoms with E-state index in [0.29, 0.717) is 32.8 Å². The number of hydrogen-bond donors (Lipinski definition) is 1. The van der Waals surface area contributed by atoms with E-state index in [9.17, 15) is 14.4 Å². The molecule has 2 fully saturated rings. The topological polar surface area (TPSA) is 79.0 Å². The predicted molar refractivity (Wildman–Crippen MR) is 104 cm³/mol. The van der Waals surface area contributed by atoms with Gasteiger partial charge in [-0.05, 0) is 32.3 Å². The van der Waals surface area contributed by atoms with Crippen LogP contribution in [0.5, 0.6) is 0 Å². The van der Waals surface area contributed by atoms with Crippen LogP contribution in [0, 0.1) is 12.8 Å². The van der Waals surface area contributed by atoms with Crippen LogP contribution in [0.25, 0.3) is 0 Å². The lowest BCUT2D eigenvalue weighted by atomic mass is 10.0. The number of likely N-dealkylation sites (tertiary alicyclic amines) is 2. The van der Waals surface area contributed by atoms with Crippen LogP contribution in [-0.4, -0.2) is 60.0 Å². The van der Waals surface area contributed by atoms with Gasteiger partial charge in [0.15, 0.2) is 0 Å². The third-order valence-corrected chi connectivity index (χ3v) is 5.51. The average Bonchev–Trinajstić information content (AvgIpc) is 3.08. The molecule has 2 heterocycles. The number of carbonyl (C=O) groups excluding carboxylic acids is 3. The molecule has 3 rings (SSSR count). The minimum Gasteiger partial charge on any atom is -0.450 e. The molecule has 1 unspecified atom stereocenters. The van der Waals surface area contributed by atoms with Gasteiger partial charge in [-0.15, -0.1) is 0 Å². The maximum absolute atomic E-state index is 12.5. The molecule has 2 aliphatic rings. The van der Waals surface area contributed by atoms with Crippen molar-refractivity contribution in [3.05, 3.63) is 35.4 Å². The number of hydrogen-bond acceptors (Lipinski definition) is 4. The highest BCUT2D eigenvalue weighted by Crippen LogP contribution is 2.26. The highest BCUT2D eigenvalue weighted by molar-refractivity contribution is 5.89. The molecule has 1 aromatic rings. The normalized spacial score (nSPS) is 20.4. The number of nitrogens with zero attached hydrogens (tertiary/aromatic N) is 2. The fraction of sp³-hybridized carbons (Fsp3) is 0.571. The van der Waals surface area contributed by atoms with Gasteiger partial charge in [-0.25, -0.2) is 4.79 Å². The van der Waals surface area contributed by atoms with Crippen LogP contribution in [0.2, 0.25) is 0 Å². The first-order chi connectivity index (χ1) is 13.5. The maximum Gasteiger partial charge on any atom is 0.409 e. The summed E-state index contributed by atoms with van der Waals surface area (Å²) in [5.74, 6) is -0.341. The first kappa shape index (κ1) is 20.2. The zero-order valence-corrected chi connectivity index (χ0v) is 16.6. The Balaban J connectivity index is 1.48. The van der Waals surface area contributed by atoms with Gasteiger partial charge in [-0.2, -0.15) is 0 Å². The molecule has 0 radical (unpaired) electrons. The van der Waals surface area contributed by atoms with Crippen LogP contribution in [0.4, 0.5) is 4.79 Å². The van der Waals surface area contributed by atoms with Gasteiger partial charge in [0.05, 0.1) is 12.5 Å². The van der Waals surface area contributed by atoms with Crippen LogP contribution >= 0.6 is 0 Å². The first-order valence-corrected chi connectivity index (χ1v) is 10.0. The van der Waals surface area contributed by atoms with Crippen molar-refractivity contribution in [2.45, 2.75) is 45.7 Å². The number of ether oxygens (including phenoxy) is 1. The average molecular weight is 387 g/mol. The Morgan fingerprint density at radius 1 is 1.25 bits per heavy atom. The number of nitrogens with one attached hydrogen (secondary N) is 1. The molecule has 7 nitrogen and oxygen atoms in total. The second-order valence-electron chi connectivity index (χ2n) is 7.57. The van der Waals surface area contributed by atoms with E-state index in [4.69, 9.17) is 4.74 Å². The molecule has 0 bridgehead atoms. The van der Waals surface area contributed by atoms with E-state index < -0.39 is 0 Å². The van der Waals surface area contributed by atoms with E-state index in [2.05, 4.69) is 5.32 Å². The van der Waals surface area contributed by atoms with E-state index in [0.717, 1.165) is 24.0 Å². The lowest BCUT2D eigenvalue weighted by Gasteiger charge is -2.36. The summed E-state index contributed by atoms with van der Waals surface area (Å²) in [6.07, 6.45) is 1.42. The summed E-state index contributed by atoms with van der Waals surface area (Å²) in [5, 5.41) is 2.96. The molecule has 0 aromatic heterocycles. The third kappa shape index (κ3) is 4.82. The lowest BCUT2D eigenvalue weighted by molar-refractivity contribution is -0.131. The molecule has 3 amide bonds. The number of amides is 3. The molecule has 0 spiro atoms. The van der Waals surface area contributed by atoms with Gasteiger partial charge in [-0.3, -0.25) is 9.59 Å². The summed E-state index contributed by atoms with van der Waals surface area (Å²) >= 11 is 0. The zero-order valence-electron chi connectivity index (χ0n) is 16.6. The van der Waals surface area contributed by atoms with Crippen LogP contribution in [0.1, 0.15) is 37.3 Å². The van der Waals surface area contributed by atoms with Crippen molar-refractivity contribution in [2.75, 3.05) is 26.2 Å². The van der Waals surface area contributed by atoms with Gasteiger partial charge in [0.25, 0.3) is 0 Å². The van der Waals surface area contributed by atoms with Gasteiger partial charge in [0.1, 0.15) is 0 Å². The second kappa shape index (κ2) is 9.08. The van der Waals surface area contributed by atoms with E-state index in [1.165, 1.54) is 0 Å². The Morgan fingerprint density at radius 2 is 2.00 bits per heavy atom. The van der Waals surface area contributed by atoms with Gasteiger partial charge >= 0.3 is 6.09 Å². The Labute approximate surface area is 166 Å². The monoisotopic (exact) mass is 387 g/mol. The van der Waals surface area contributed by atoms with E-state index in [1.54, 1.807) is 11.8 Å². The minimum absolute atomic E-state index is 0.0327. The Bertz CT molecular complexity index is 728. The maximum atomic E-state index is 12.5. The molecule has 28 heavy (non-hydrogen) atoms. The molecule has 1 aromatic carbocycles. The van der Waals surface area contributed by atoms with Crippen LogP contribution in [0.15, 0.2) is 24.3 Å². The number of aryl methyl sites for hydroxylation is 1. The van der Waals surface area contributed by atoms with Gasteiger partial charge in [-0.1, -0.05) is 29.8 Å². The number of carbonyl (C=O) groups is 3. The second-order valence-corrected chi connectivity index (χ2v) is 7.57. The molecule has 152 valence electrons. The SMILES string of the molecule is CCOC(=O)N1CCC(N2CC(C(=O)NCc3cccc(C)c3)CC2=O)CC1. The van der Waals surface area contributed by atoms with Crippen LogP contribution < -0.4 is 5.32 Å². The molecular formula is C21H29N3O4. The van der Waals surface area contributed by atoms with Crippen molar-refractivity contribution in [1.82, 2.24) is 15.1 Å². The minimum atomic E-state index is -0.305. The lowest BCUT2D eigenvalue weighted by Crippen LogP contribution is -2.47. The van der Waals surface area contributed by atoms with Crippen molar-refractivity contribution in [3.8, 4) is 0 Å². The molecule has 7 heteroatoms. The summed E-state index contributed by atoms with van der Waals surface area (Å²) < 4.78 is 5.04. The molecule has 0 aliphatic carbocycles. The Morgan fingerprint density at radius 3 is 2.68 bits per heavy atom. The molecule has 1 atom stereocenters. The molecule has 1 N–H and O–H groups in total. The van der Waals surface area contributed by atoms with Crippen LogP contribution in [0.3, 0.4) is 0 Å². The van der Waals surface area contributed by atoms with Crippen LogP contribution in [-0.2, 0) is 20.9 Å². The van der Waals surface area contributed by atoms with E-state index >= 15 is 0 Å². The number of benzene rings is 1.